The Bertz CT molecular complexity index is 1850. The minimum absolute atomic E-state index is 0.876. The highest BCUT2D eigenvalue weighted by Gasteiger charge is 2.17. The lowest BCUT2D eigenvalue weighted by Gasteiger charge is -2.28. The average molecular weight is 531 g/mol. The van der Waals surface area contributed by atoms with Gasteiger partial charge in [0.2, 0.25) is 0 Å². The summed E-state index contributed by atoms with van der Waals surface area (Å²) < 4.78 is 0. The van der Waals surface area contributed by atoms with Gasteiger partial charge < -0.3 is 9.80 Å². The lowest BCUT2D eigenvalue weighted by Crippen LogP contribution is -2.32. The smallest absolute Gasteiger partial charge is 0.0468 e. The fraction of sp³-hybridized carbons (Fsp3) is 0.0769. The molecule has 5 aromatic carbocycles. The molecule has 0 saturated heterocycles. The fourth-order valence-electron chi connectivity index (χ4n) is 5.68. The van der Waals surface area contributed by atoms with Gasteiger partial charge in [-0.25, -0.2) is 0 Å². The quantitative estimate of drug-likeness (QED) is 0.208. The van der Waals surface area contributed by atoms with E-state index in [0.717, 1.165) is 40.3 Å². The van der Waals surface area contributed by atoms with Crippen LogP contribution in [0.15, 0.2) is 134 Å². The molecular weight excluding hydrogens is 496 g/mol. The third-order valence-electron chi connectivity index (χ3n) is 7.80. The van der Waals surface area contributed by atoms with E-state index < -0.39 is 0 Å². The number of nitrogens with zero attached hydrogens (tertiary/aromatic N) is 2. The topological polar surface area (TPSA) is 6.48 Å². The van der Waals surface area contributed by atoms with Crippen molar-refractivity contribution in [2.24, 2.45) is 0 Å². The summed E-state index contributed by atoms with van der Waals surface area (Å²) >= 11 is 0. The third-order valence-corrected chi connectivity index (χ3v) is 7.80. The van der Waals surface area contributed by atoms with Crippen LogP contribution < -0.4 is 20.2 Å². The average Bonchev–Trinajstić information content (AvgIpc) is 3.19. The molecule has 1 aliphatic rings. The first kappa shape index (κ1) is 26.2. The highest BCUT2D eigenvalue weighted by molar-refractivity contribution is 5.81. The van der Waals surface area contributed by atoms with Crippen molar-refractivity contribution in [1.29, 1.82) is 0 Å². The van der Waals surface area contributed by atoms with Gasteiger partial charge in [-0.05, 0) is 89.0 Å². The maximum absolute atomic E-state index is 4.01. The predicted octanol–water partition coefficient (Wildman–Crippen LogP) is 8.46. The number of para-hydroxylation sites is 1. The summed E-state index contributed by atoms with van der Waals surface area (Å²) in [7, 11) is 2.18. The minimum Gasteiger partial charge on any atom is -0.347 e. The van der Waals surface area contributed by atoms with Crippen molar-refractivity contribution in [2.45, 2.75) is 13.3 Å². The van der Waals surface area contributed by atoms with Gasteiger partial charge in [0.05, 0.1) is 0 Å². The Morgan fingerprint density at radius 3 is 2.10 bits per heavy atom. The van der Waals surface area contributed by atoms with Crippen molar-refractivity contribution in [3.63, 3.8) is 0 Å². The summed E-state index contributed by atoms with van der Waals surface area (Å²) in [5.74, 6) is 0. The molecule has 0 amide bonds. The van der Waals surface area contributed by atoms with Crippen LogP contribution in [0.2, 0.25) is 0 Å². The number of anilines is 4. The molecule has 1 aliphatic carbocycles. The van der Waals surface area contributed by atoms with Gasteiger partial charge in [0.15, 0.2) is 0 Å². The lowest BCUT2D eigenvalue weighted by atomic mass is 10.0. The van der Waals surface area contributed by atoms with E-state index >= 15 is 0 Å². The standard InChI is InChI=1S/C39H34N2/c1-4-13-30-27-37(21-20-29(30)5-2)41(35-17-7-6-8-18-35)36-24-22-34(23-25-36)40(3)39-28-32-15-10-9-14-31(32)26-33-16-11-12-19-38(33)39/h4-27H,2,28H2,1,3H3/b13-4-. The molecule has 200 valence electrons. The van der Waals surface area contributed by atoms with E-state index in [4.69, 9.17) is 0 Å². The Labute approximate surface area is 243 Å². The van der Waals surface area contributed by atoms with E-state index in [9.17, 15) is 0 Å². The molecule has 2 heteroatoms. The van der Waals surface area contributed by atoms with Gasteiger partial charge in [-0.3, -0.25) is 0 Å². The molecule has 0 atom stereocenters. The van der Waals surface area contributed by atoms with Crippen LogP contribution in [0, 0.1) is 0 Å². The molecule has 0 unspecified atom stereocenters. The fourth-order valence-corrected chi connectivity index (χ4v) is 5.68. The van der Waals surface area contributed by atoms with Gasteiger partial charge in [-0.2, -0.15) is 0 Å². The van der Waals surface area contributed by atoms with Crippen molar-refractivity contribution in [3.8, 4) is 0 Å². The maximum Gasteiger partial charge on any atom is 0.0468 e. The Morgan fingerprint density at radius 2 is 1.32 bits per heavy atom. The highest BCUT2D eigenvalue weighted by Crippen LogP contribution is 2.37. The SMILES string of the molecule is C=Cc1ccc(N(c2ccccc2)c2ccc(N(C)C3=c4ccccc4=Cc4ccccc4C3)cc2)cc1/C=C\C. The summed E-state index contributed by atoms with van der Waals surface area (Å²) in [5, 5.41) is 2.53. The number of rotatable bonds is 7. The monoisotopic (exact) mass is 530 g/mol. The number of allylic oxidation sites excluding steroid dienone is 1. The van der Waals surface area contributed by atoms with Crippen molar-refractivity contribution in [2.75, 3.05) is 16.8 Å². The predicted molar refractivity (Wildman–Crippen MR) is 177 cm³/mol. The highest BCUT2D eigenvalue weighted by atomic mass is 15.1. The van der Waals surface area contributed by atoms with Crippen LogP contribution in [0.4, 0.5) is 22.7 Å². The summed E-state index contributed by atoms with van der Waals surface area (Å²) in [6, 6.07) is 43.4. The first-order valence-corrected chi connectivity index (χ1v) is 14.1. The molecule has 0 N–H and O–H groups in total. The van der Waals surface area contributed by atoms with Crippen LogP contribution >= 0.6 is 0 Å². The Hall–Kier alpha value is -5.08. The normalized spacial score (nSPS) is 12.2. The van der Waals surface area contributed by atoms with Gasteiger partial charge in [0.1, 0.15) is 0 Å². The minimum atomic E-state index is 0.876. The van der Waals surface area contributed by atoms with Crippen LogP contribution in [0.25, 0.3) is 23.9 Å². The van der Waals surface area contributed by atoms with Gasteiger partial charge in [-0.1, -0.05) is 97.6 Å². The van der Waals surface area contributed by atoms with Crippen LogP contribution in [0.3, 0.4) is 0 Å². The molecule has 6 rings (SSSR count). The second-order valence-corrected chi connectivity index (χ2v) is 10.3. The van der Waals surface area contributed by atoms with Crippen LogP contribution in [0.1, 0.15) is 29.2 Å². The largest absolute Gasteiger partial charge is 0.347 e. The van der Waals surface area contributed by atoms with Crippen molar-refractivity contribution in [1.82, 2.24) is 0 Å². The molecule has 0 aliphatic heterocycles. The summed E-state index contributed by atoms with van der Waals surface area (Å²) in [5.41, 5.74) is 10.7. The Morgan fingerprint density at radius 1 is 0.659 bits per heavy atom. The molecular formula is C39H34N2. The Balaban J connectivity index is 1.41. The van der Waals surface area contributed by atoms with E-state index in [1.807, 2.05) is 13.0 Å². The van der Waals surface area contributed by atoms with Crippen molar-refractivity contribution in [3.05, 3.63) is 167 Å². The third kappa shape index (κ3) is 5.25. The molecule has 0 aromatic heterocycles. The second-order valence-electron chi connectivity index (χ2n) is 10.3. The van der Waals surface area contributed by atoms with E-state index in [2.05, 4.69) is 163 Å². The van der Waals surface area contributed by atoms with E-state index in [1.165, 1.54) is 27.3 Å². The number of benzene rings is 5. The zero-order chi connectivity index (χ0) is 28.2. The zero-order valence-corrected chi connectivity index (χ0v) is 23.7. The van der Waals surface area contributed by atoms with Gasteiger partial charge in [-0.15, -0.1) is 0 Å². The summed E-state index contributed by atoms with van der Waals surface area (Å²) in [4.78, 5) is 4.65. The van der Waals surface area contributed by atoms with Gasteiger partial charge in [0.25, 0.3) is 0 Å². The van der Waals surface area contributed by atoms with Gasteiger partial charge >= 0.3 is 0 Å². The van der Waals surface area contributed by atoms with Crippen molar-refractivity contribution < 1.29 is 0 Å². The van der Waals surface area contributed by atoms with Crippen LogP contribution in [0.5, 0.6) is 0 Å². The molecule has 0 saturated carbocycles. The first-order chi connectivity index (χ1) is 20.2. The van der Waals surface area contributed by atoms with Crippen LogP contribution in [-0.4, -0.2) is 7.05 Å². The second kappa shape index (κ2) is 11.6. The van der Waals surface area contributed by atoms with Crippen molar-refractivity contribution >= 4 is 46.7 Å². The number of hydrogen-bond donors (Lipinski definition) is 0. The molecule has 0 bridgehead atoms. The molecule has 41 heavy (non-hydrogen) atoms. The summed E-state index contributed by atoms with van der Waals surface area (Å²) in [6.45, 7) is 6.05. The number of likely N-dealkylation sites (N-methyl/N-ethyl adjacent to an activating group) is 1. The van der Waals surface area contributed by atoms with E-state index in [0.29, 0.717) is 0 Å². The molecule has 5 aromatic rings. The first-order valence-electron chi connectivity index (χ1n) is 14.1. The molecule has 0 heterocycles. The van der Waals surface area contributed by atoms with Gasteiger partial charge in [0, 0.05) is 47.1 Å². The van der Waals surface area contributed by atoms with E-state index in [1.54, 1.807) is 0 Å². The molecule has 0 fully saturated rings. The number of fused-ring (bicyclic) bond motifs is 2. The summed E-state index contributed by atoms with van der Waals surface area (Å²) in [6.07, 6.45) is 9.31. The van der Waals surface area contributed by atoms with Crippen LogP contribution in [-0.2, 0) is 6.42 Å². The zero-order valence-electron chi connectivity index (χ0n) is 23.7. The molecule has 0 radical (unpaired) electrons. The Kier molecular flexibility index (Phi) is 7.38. The van der Waals surface area contributed by atoms with E-state index in [-0.39, 0.29) is 0 Å². The number of hydrogen-bond acceptors (Lipinski definition) is 2. The maximum atomic E-state index is 4.01. The molecule has 2 nitrogen and oxygen atoms in total. The lowest BCUT2D eigenvalue weighted by molar-refractivity contribution is 1.11. The molecule has 0 spiro atoms.